The maximum atomic E-state index is 12.8. The SMILES string of the molecule is COC(=O)CN1C(=O)C(c2ccc(Cl)cc2O)c2ccccc21. The smallest absolute Gasteiger partial charge is 0.325 e. The van der Waals surface area contributed by atoms with Crippen LogP contribution in [0.3, 0.4) is 0 Å². The molecule has 118 valence electrons. The van der Waals surface area contributed by atoms with E-state index in [0.717, 1.165) is 5.56 Å². The van der Waals surface area contributed by atoms with Gasteiger partial charge in [-0.2, -0.15) is 0 Å². The van der Waals surface area contributed by atoms with E-state index in [0.29, 0.717) is 16.3 Å². The summed E-state index contributed by atoms with van der Waals surface area (Å²) in [5, 5.41) is 10.5. The van der Waals surface area contributed by atoms with Gasteiger partial charge in [0.25, 0.3) is 0 Å². The molecule has 0 spiro atoms. The lowest BCUT2D eigenvalue weighted by Crippen LogP contribution is -2.34. The number of nitrogens with zero attached hydrogens (tertiary/aromatic N) is 1. The first-order valence-corrected chi connectivity index (χ1v) is 7.36. The van der Waals surface area contributed by atoms with Crippen molar-refractivity contribution in [1.82, 2.24) is 0 Å². The van der Waals surface area contributed by atoms with Crippen molar-refractivity contribution in [2.45, 2.75) is 5.92 Å². The monoisotopic (exact) mass is 331 g/mol. The van der Waals surface area contributed by atoms with Crippen LogP contribution in [0.15, 0.2) is 42.5 Å². The highest BCUT2D eigenvalue weighted by atomic mass is 35.5. The predicted molar refractivity (Wildman–Crippen MR) is 85.8 cm³/mol. The molecule has 1 heterocycles. The Balaban J connectivity index is 2.08. The molecule has 1 N–H and O–H groups in total. The van der Waals surface area contributed by atoms with Gasteiger partial charge in [-0.15, -0.1) is 0 Å². The normalized spacial score (nSPS) is 16.3. The lowest BCUT2D eigenvalue weighted by molar-refractivity contribution is -0.140. The van der Waals surface area contributed by atoms with E-state index in [1.165, 1.54) is 18.1 Å². The highest BCUT2D eigenvalue weighted by Crippen LogP contribution is 2.43. The van der Waals surface area contributed by atoms with Gasteiger partial charge in [0, 0.05) is 16.3 Å². The Labute approximate surface area is 138 Å². The zero-order chi connectivity index (χ0) is 16.6. The van der Waals surface area contributed by atoms with Gasteiger partial charge in [-0.3, -0.25) is 9.59 Å². The van der Waals surface area contributed by atoms with Crippen LogP contribution in [0.1, 0.15) is 17.0 Å². The van der Waals surface area contributed by atoms with Crippen molar-refractivity contribution in [2.75, 3.05) is 18.6 Å². The second-order valence-electron chi connectivity index (χ2n) is 5.20. The molecule has 0 saturated carbocycles. The van der Waals surface area contributed by atoms with Crippen LogP contribution in [0, 0.1) is 0 Å². The van der Waals surface area contributed by atoms with Gasteiger partial charge in [-0.1, -0.05) is 35.9 Å². The van der Waals surface area contributed by atoms with Crippen LogP contribution in [-0.4, -0.2) is 30.6 Å². The molecule has 0 aromatic heterocycles. The molecule has 0 aliphatic carbocycles. The van der Waals surface area contributed by atoms with Crippen LogP contribution in [0.2, 0.25) is 5.02 Å². The number of anilines is 1. The van der Waals surface area contributed by atoms with Crippen LogP contribution in [-0.2, 0) is 14.3 Å². The summed E-state index contributed by atoms with van der Waals surface area (Å²) in [6.45, 7) is -0.169. The second kappa shape index (κ2) is 5.93. The largest absolute Gasteiger partial charge is 0.508 e. The van der Waals surface area contributed by atoms with Crippen LogP contribution >= 0.6 is 11.6 Å². The number of phenolic OH excluding ortho intramolecular Hbond substituents is 1. The fraction of sp³-hybridized carbons (Fsp3) is 0.176. The Morgan fingerprint density at radius 3 is 2.70 bits per heavy atom. The number of halogens is 1. The van der Waals surface area contributed by atoms with E-state index < -0.39 is 11.9 Å². The third-order valence-electron chi connectivity index (χ3n) is 3.87. The minimum atomic E-state index is -0.673. The number of rotatable bonds is 3. The first-order valence-electron chi connectivity index (χ1n) is 6.98. The van der Waals surface area contributed by atoms with Crippen LogP contribution in [0.25, 0.3) is 0 Å². The average Bonchev–Trinajstić information content (AvgIpc) is 2.80. The van der Waals surface area contributed by atoms with E-state index in [4.69, 9.17) is 11.6 Å². The molecule has 1 atom stereocenters. The number of esters is 1. The van der Waals surface area contributed by atoms with Gasteiger partial charge >= 0.3 is 5.97 Å². The topological polar surface area (TPSA) is 66.8 Å². The summed E-state index contributed by atoms with van der Waals surface area (Å²) < 4.78 is 4.66. The summed E-state index contributed by atoms with van der Waals surface area (Å²) in [5.74, 6) is -1.51. The van der Waals surface area contributed by atoms with Crippen LogP contribution in [0.4, 0.5) is 5.69 Å². The number of para-hydroxylation sites is 1. The summed E-state index contributed by atoms with van der Waals surface area (Å²) in [6.07, 6.45) is 0. The zero-order valence-corrected chi connectivity index (χ0v) is 13.1. The minimum absolute atomic E-state index is 0.0504. The van der Waals surface area contributed by atoms with Gasteiger partial charge in [0.15, 0.2) is 0 Å². The number of hydrogen-bond donors (Lipinski definition) is 1. The Kier molecular flexibility index (Phi) is 3.96. The lowest BCUT2D eigenvalue weighted by atomic mass is 9.92. The minimum Gasteiger partial charge on any atom is -0.508 e. The fourth-order valence-corrected chi connectivity index (χ4v) is 2.97. The van der Waals surface area contributed by atoms with E-state index >= 15 is 0 Å². The number of ether oxygens (including phenoxy) is 1. The van der Waals surface area contributed by atoms with E-state index in [2.05, 4.69) is 4.74 Å². The number of carbonyl (C=O) groups excluding carboxylic acids is 2. The van der Waals surface area contributed by atoms with Crippen molar-refractivity contribution in [1.29, 1.82) is 0 Å². The molecule has 1 amide bonds. The molecule has 2 aromatic carbocycles. The highest BCUT2D eigenvalue weighted by molar-refractivity contribution is 6.30. The van der Waals surface area contributed by atoms with Gasteiger partial charge in [-0.25, -0.2) is 0 Å². The van der Waals surface area contributed by atoms with Gasteiger partial charge in [0.1, 0.15) is 12.3 Å². The number of hydrogen-bond acceptors (Lipinski definition) is 4. The van der Waals surface area contributed by atoms with Crippen molar-refractivity contribution in [3.8, 4) is 5.75 Å². The van der Waals surface area contributed by atoms with Crippen molar-refractivity contribution in [3.05, 3.63) is 58.6 Å². The lowest BCUT2D eigenvalue weighted by Gasteiger charge is -2.17. The maximum Gasteiger partial charge on any atom is 0.325 e. The molecule has 0 fully saturated rings. The summed E-state index contributed by atoms with van der Waals surface area (Å²) in [6, 6.07) is 11.8. The molecule has 5 nitrogen and oxygen atoms in total. The molecule has 1 aliphatic heterocycles. The van der Waals surface area contributed by atoms with E-state index in [1.54, 1.807) is 24.3 Å². The Morgan fingerprint density at radius 1 is 1.26 bits per heavy atom. The third-order valence-corrected chi connectivity index (χ3v) is 4.11. The molecule has 0 bridgehead atoms. The summed E-state index contributed by atoms with van der Waals surface area (Å²) in [7, 11) is 1.28. The number of phenols is 1. The van der Waals surface area contributed by atoms with E-state index in [1.807, 2.05) is 12.1 Å². The molecular weight excluding hydrogens is 318 g/mol. The van der Waals surface area contributed by atoms with Crippen molar-refractivity contribution < 1.29 is 19.4 Å². The Hall–Kier alpha value is -2.53. The first kappa shape index (κ1) is 15.4. The third kappa shape index (κ3) is 2.64. The molecule has 2 aromatic rings. The molecule has 0 radical (unpaired) electrons. The number of methoxy groups -OCH3 is 1. The Morgan fingerprint density at radius 2 is 2.00 bits per heavy atom. The highest BCUT2D eigenvalue weighted by Gasteiger charge is 2.40. The van der Waals surface area contributed by atoms with Crippen molar-refractivity contribution >= 4 is 29.2 Å². The summed E-state index contributed by atoms with van der Waals surface area (Å²) in [4.78, 5) is 25.8. The molecule has 3 rings (SSSR count). The number of amides is 1. The maximum absolute atomic E-state index is 12.8. The second-order valence-corrected chi connectivity index (χ2v) is 5.63. The van der Waals surface area contributed by atoms with Crippen molar-refractivity contribution in [2.24, 2.45) is 0 Å². The molecule has 1 unspecified atom stereocenters. The van der Waals surface area contributed by atoms with Crippen molar-refractivity contribution in [3.63, 3.8) is 0 Å². The number of fused-ring (bicyclic) bond motifs is 1. The molecule has 23 heavy (non-hydrogen) atoms. The van der Waals surface area contributed by atoms with Crippen LogP contribution in [0.5, 0.6) is 5.75 Å². The molecular formula is C17H14ClNO4. The van der Waals surface area contributed by atoms with Gasteiger partial charge in [-0.05, 0) is 23.8 Å². The van der Waals surface area contributed by atoms with Crippen LogP contribution < -0.4 is 4.90 Å². The van der Waals surface area contributed by atoms with Gasteiger partial charge in [0.2, 0.25) is 5.91 Å². The number of aromatic hydroxyl groups is 1. The van der Waals surface area contributed by atoms with E-state index in [9.17, 15) is 14.7 Å². The molecule has 1 aliphatic rings. The quantitative estimate of drug-likeness (QED) is 0.878. The number of benzene rings is 2. The predicted octanol–water partition coefficient (Wildman–Crippen LogP) is 2.70. The molecule has 0 saturated heterocycles. The number of carbonyl (C=O) groups is 2. The molecule has 6 heteroatoms. The summed E-state index contributed by atoms with van der Waals surface area (Å²) >= 11 is 5.86. The Bertz CT molecular complexity index is 790. The standard InChI is InChI=1S/C17H14ClNO4/c1-23-15(21)9-19-13-5-3-2-4-11(13)16(17(19)22)12-7-6-10(18)8-14(12)20/h2-8,16,20H,9H2,1H3. The van der Waals surface area contributed by atoms with E-state index in [-0.39, 0.29) is 18.2 Å². The fourth-order valence-electron chi connectivity index (χ4n) is 2.80. The average molecular weight is 332 g/mol. The zero-order valence-electron chi connectivity index (χ0n) is 12.3. The summed E-state index contributed by atoms with van der Waals surface area (Å²) in [5.41, 5.74) is 1.83. The first-order chi connectivity index (χ1) is 11.0. The van der Waals surface area contributed by atoms with Gasteiger partial charge < -0.3 is 14.7 Å². The van der Waals surface area contributed by atoms with Gasteiger partial charge in [0.05, 0.1) is 13.0 Å².